The fraction of sp³-hybridized carbons (Fsp3) is 0.875. The average Bonchev–Trinajstić information content (AvgIpc) is 2.32. The maximum atomic E-state index is 9.60. The lowest BCUT2D eigenvalue weighted by molar-refractivity contribution is 0.0572. The van der Waals surface area contributed by atoms with Gasteiger partial charge in [0.1, 0.15) is 0 Å². The van der Waals surface area contributed by atoms with Crippen molar-refractivity contribution < 1.29 is 5.11 Å². The van der Waals surface area contributed by atoms with Crippen LogP contribution >= 0.6 is 0 Å². The Morgan fingerprint density at radius 2 is 2.50 bits per heavy atom. The van der Waals surface area contributed by atoms with Gasteiger partial charge in [0.25, 0.3) is 0 Å². The number of rotatable bonds is 1. The third-order valence-electron chi connectivity index (χ3n) is 2.47. The van der Waals surface area contributed by atoms with E-state index in [0.29, 0.717) is 6.42 Å². The van der Waals surface area contributed by atoms with Crippen LogP contribution in [0.15, 0.2) is 0 Å². The van der Waals surface area contributed by atoms with Crippen LogP contribution in [0, 0.1) is 17.2 Å². The lowest BCUT2D eigenvalue weighted by Crippen LogP contribution is -2.30. The summed E-state index contributed by atoms with van der Waals surface area (Å²) in [6.07, 6.45) is 3.61. The number of hydrogen-bond acceptors (Lipinski definition) is 2. The fourth-order valence-corrected chi connectivity index (χ4v) is 1.75. The third kappa shape index (κ3) is 1.02. The molecule has 1 rings (SSSR count). The Hall–Kier alpha value is -0.550. The van der Waals surface area contributed by atoms with E-state index in [-0.39, 0.29) is 5.92 Å². The first kappa shape index (κ1) is 7.56. The van der Waals surface area contributed by atoms with Crippen LogP contribution < -0.4 is 0 Å². The van der Waals surface area contributed by atoms with E-state index in [1.165, 1.54) is 0 Å². The Morgan fingerprint density at radius 3 is 2.90 bits per heavy atom. The van der Waals surface area contributed by atoms with E-state index < -0.39 is 5.60 Å². The number of nitriles is 1. The van der Waals surface area contributed by atoms with Gasteiger partial charge >= 0.3 is 0 Å². The van der Waals surface area contributed by atoms with E-state index in [0.717, 1.165) is 19.3 Å². The van der Waals surface area contributed by atoms with Crippen LogP contribution in [0.1, 0.15) is 32.6 Å². The summed E-state index contributed by atoms with van der Waals surface area (Å²) < 4.78 is 0. The predicted molar refractivity (Wildman–Crippen MR) is 38.2 cm³/mol. The van der Waals surface area contributed by atoms with Gasteiger partial charge in [-0.1, -0.05) is 6.92 Å². The Morgan fingerprint density at radius 1 is 1.80 bits per heavy atom. The quantitative estimate of drug-likeness (QED) is 0.559. The van der Waals surface area contributed by atoms with E-state index in [2.05, 4.69) is 0 Å². The Labute approximate surface area is 61.5 Å². The maximum absolute atomic E-state index is 9.60. The minimum Gasteiger partial charge on any atom is -0.375 e. The highest BCUT2D eigenvalue weighted by atomic mass is 16.3. The van der Waals surface area contributed by atoms with Crippen molar-refractivity contribution in [1.29, 1.82) is 5.26 Å². The van der Waals surface area contributed by atoms with E-state index in [1.54, 1.807) is 0 Å². The first-order chi connectivity index (χ1) is 4.73. The van der Waals surface area contributed by atoms with Gasteiger partial charge in [0, 0.05) is 5.92 Å². The molecule has 56 valence electrons. The van der Waals surface area contributed by atoms with E-state index in [1.807, 2.05) is 13.0 Å². The molecule has 0 spiro atoms. The zero-order valence-electron chi connectivity index (χ0n) is 6.30. The second-order valence-corrected chi connectivity index (χ2v) is 3.03. The van der Waals surface area contributed by atoms with Crippen molar-refractivity contribution in [1.82, 2.24) is 0 Å². The number of hydrogen-bond donors (Lipinski definition) is 1. The predicted octanol–water partition coefficient (Wildman–Crippen LogP) is 1.45. The van der Waals surface area contributed by atoms with E-state index in [9.17, 15) is 5.11 Å². The summed E-state index contributed by atoms with van der Waals surface area (Å²) in [5.41, 5.74) is -0.991. The van der Waals surface area contributed by atoms with Gasteiger partial charge in [0.15, 0.2) is 5.60 Å². The molecule has 1 aliphatic carbocycles. The van der Waals surface area contributed by atoms with E-state index in [4.69, 9.17) is 5.26 Å². The zero-order valence-corrected chi connectivity index (χ0v) is 6.30. The Balaban J connectivity index is 2.68. The van der Waals surface area contributed by atoms with Crippen molar-refractivity contribution in [2.75, 3.05) is 0 Å². The molecule has 0 radical (unpaired) electrons. The highest BCUT2D eigenvalue weighted by molar-refractivity contribution is 5.07. The molecule has 1 aliphatic rings. The Kier molecular flexibility index (Phi) is 1.96. The molecule has 0 aromatic heterocycles. The first-order valence-corrected chi connectivity index (χ1v) is 3.86. The summed E-state index contributed by atoms with van der Waals surface area (Å²) in [5, 5.41) is 18.2. The van der Waals surface area contributed by atoms with Gasteiger partial charge in [0.2, 0.25) is 0 Å². The van der Waals surface area contributed by atoms with Crippen LogP contribution in [-0.4, -0.2) is 10.7 Å². The van der Waals surface area contributed by atoms with Crippen molar-refractivity contribution in [3.05, 3.63) is 0 Å². The van der Waals surface area contributed by atoms with Gasteiger partial charge in [0.05, 0.1) is 6.07 Å². The molecular weight excluding hydrogens is 126 g/mol. The lowest BCUT2D eigenvalue weighted by atomic mass is 9.90. The summed E-state index contributed by atoms with van der Waals surface area (Å²) in [7, 11) is 0. The standard InChI is InChI=1S/C8H13NO/c1-2-7-4-3-5-8(7,10)6-9/h7,10H,2-5H2,1H3/t7-,8-/m0/s1. The molecule has 2 atom stereocenters. The van der Waals surface area contributed by atoms with Gasteiger partial charge in [-0.15, -0.1) is 0 Å². The highest BCUT2D eigenvalue weighted by Crippen LogP contribution is 2.36. The molecule has 0 aromatic carbocycles. The van der Waals surface area contributed by atoms with Crippen molar-refractivity contribution in [3.63, 3.8) is 0 Å². The summed E-state index contributed by atoms with van der Waals surface area (Å²) in [4.78, 5) is 0. The molecule has 2 heteroatoms. The van der Waals surface area contributed by atoms with Crippen molar-refractivity contribution >= 4 is 0 Å². The normalized spacial score (nSPS) is 39.5. The van der Waals surface area contributed by atoms with Gasteiger partial charge in [-0.05, 0) is 25.7 Å². The molecule has 1 saturated carbocycles. The largest absolute Gasteiger partial charge is 0.375 e. The summed E-state index contributed by atoms with van der Waals surface area (Å²) in [5.74, 6) is 0.220. The highest BCUT2D eigenvalue weighted by Gasteiger charge is 2.39. The molecule has 0 heterocycles. The summed E-state index contributed by atoms with van der Waals surface area (Å²) in [6.45, 7) is 2.03. The van der Waals surface area contributed by atoms with Gasteiger partial charge < -0.3 is 5.11 Å². The summed E-state index contributed by atoms with van der Waals surface area (Å²) in [6, 6.07) is 2.00. The van der Waals surface area contributed by atoms with Crippen LogP contribution in [0.25, 0.3) is 0 Å². The Bertz CT molecular complexity index is 161. The third-order valence-corrected chi connectivity index (χ3v) is 2.47. The second-order valence-electron chi connectivity index (χ2n) is 3.03. The summed E-state index contributed by atoms with van der Waals surface area (Å²) >= 11 is 0. The lowest BCUT2D eigenvalue weighted by Gasteiger charge is -2.20. The van der Waals surface area contributed by atoms with Crippen LogP contribution in [0.2, 0.25) is 0 Å². The van der Waals surface area contributed by atoms with Crippen LogP contribution in [0.4, 0.5) is 0 Å². The molecule has 1 fully saturated rings. The molecule has 1 N–H and O–H groups in total. The van der Waals surface area contributed by atoms with E-state index >= 15 is 0 Å². The molecule has 0 unspecified atom stereocenters. The SMILES string of the molecule is CC[C@H]1CCC[C@]1(O)C#N. The molecule has 0 amide bonds. The van der Waals surface area contributed by atoms with Gasteiger partial charge in [-0.3, -0.25) is 0 Å². The minimum absolute atomic E-state index is 0.220. The molecule has 2 nitrogen and oxygen atoms in total. The molecule has 0 bridgehead atoms. The first-order valence-electron chi connectivity index (χ1n) is 3.86. The van der Waals surface area contributed by atoms with Crippen LogP contribution in [0.3, 0.4) is 0 Å². The second kappa shape index (κ2) is 2.59. The molecular formula is C8H13NO. The molecule has 0 saturated heterocycles. The van der Waals surface area contributed by atoms with Gasteiger partial charge in [-0.25, -0.2) is 0 Å². The number of nitrogens with zero attached hydrogens (tertiary/aromatic N) is 1. The van der Waals surface area contributed by atoms with Crippen molar-refractivity contribution in [3.8, 4) is 6.07 Å². The monoisotopic (exact) mass is 139 g/mol. The van der Waals surface area contributed by atoms with Crippen molar-refractivity contribution in [2.45, 2.75) is 38.2 Å². The van der Waals surface area contributed by atoms with Gasteiger partial charge in [-0.2, -0.15) is 5.26 Å². The van der Waals surface area contributed by atoms with Crippen LogP contribution in [0.5, 0.6) is 0 Å². The molecule has 0 aromatic rings. The van der Waals surface area contributed by atoms with Crippen LogP contribution in [-0.2, 0) is 0 Å². The molecule has 10 heavy (non-hydrogen) atoms. The fourth-order valence-electron chi connectivity index (χ4n) is 1.75. The smallest absolute Gasteiger partial charge is 0.153 e. The minimum atomic E-state index is -0.991. The zero-order chi connectivity index (χ0) is 7.61. The topological polar surface area (TPSA) is 44.0 Å². The molecule has 0 aliphatic heterocycles. The van der Waals surface area contributed by atoms with Crippen molar-refractivity contribution in [2.24, 2.45) is 5.92 Å². The maximum Gasteiger partial charge on any atom is 0.153 e. The average molecular weight is 139 g/mol. The number of aliphatic hydroxyl groups is 1.